The first-order valence-electron chi connectivity index (χ1n) is 5.28. The Balaban J connectivity index is 2.49. The van der Waals surface area contributed by atoms with Crippen molar-refractivity contribution in [2.45, 2.75) is 13.1 Å². The summed E-state index contributed by atoms with van der Waals surface area (Å²) in [5.74, 6) is -1.60. The lowest BCUT2D eigenvalue weighted by atomic mass is 10.0. The van der Waals surface area contributed by atoms with Gasteiger partial charge in [-0.2, -0.15) is 13.2 Å². The number of nitrogens with zero attached hydrogens (tertiary/aromatic N) is 1. The Bertz CT molecular complexity index is 578. The van der Waals surface area contributed by atoms with E-state index in [2.05, 4.69) is 4.98 Å². The van der Waals surface area contributed by atoms with Gasteiger partial charge in [-0.05, 0) is 30.7 Å². The summed E-state index contributed by atoms with van der Waals surface area (Å²) in [5.41, 5.74) is -0.626. The zero-order valence-electron chi connectivity index (χ0n) is 9.72. The summed E-state index contributed by atoms with van der Waals surface area (Å²) < 4.78 is 63.7. The number of aryl methyl sites for hydroxylation is 1. The van der Waals surface area contributed by atoms with Crippen LogP contribution in [0.2, 0.25) is 0 Å². The summed E-state index contributed by atoms with van der Waals surface area (Å²) in [6, 6.07) is 3.64. The Kier molecular flexibility index (Phi) is 3.26. The molecular formula is C13H8F5N. The maximum atomic E-state index is 13.6. The summed E-state index contributed by atoms with van der Waals surface area (Å²) in [7, 11) is 0. The van der Waals surface area contributed by atoms with Crippen molar-refractivity contribution >= 4 is 0 Å². The second-order valence-electron chi connectivity index (χ2n) is 4.01. The van der Waals surface area contributed by atoms with Crippen LogP contribution in [0.15, 0.2) is 30.5 Å². The van der Waals surface area contributed by atoms with E-state index >= 15 is 0 Å². The van der Waals surface area contributed by atoms with Crippen LogP contribution in [-0.4, -0.2) is 4.98 Å². The Labute approximate surface area is 105 Å². The van der Waals surface area contributed by atoms with Gasteiger partial charge in [0.05, 0.1) is 11.3 Å². The van der Waals surface area contributed by atoms with Crippen molar-refractivity contribution in [1.82, 2.24) is 4.98 Å². The quantitative estimate of drug-likeness (QED) is 0.704. The van der Waals surface area contributed by atoms with E-state index in [0.717, 1.165) is 18.2 Å². The molecule has 0 spiro atoms. The molecule has 100 valence electrons. The standard InChI is InChI=1S/C13H8F5N/c1-7-4-9(14)5-10(15)12(7)11-3-2-8(6-19-11)13(16,17)18/h2-6H,1H3. The molecular weight excluding hydrogens is 265 g/mol. The van der Waals surface area contributed by atoms with Gasteiger partial charge in [0, 0.05) is 17.8 Å². The van der Waals surface area contributed by atoms with Crippen molar-refractivity contribution in [3.63, 3.8) is 0 Å². The molecule has 6 heteroatoms. The van der Waals surface area contributed by atoms with Crippen molar-refractivity contribution < 1.29 is 22.0 Å². The molecule has 19 heavy (non-hydrogen) atoms. The van der Waals surface area contributed by atoms with E-state index in [9.17, 15) is 22.0 Å². The van der Waals surface area contributed by atoms with Gasteiger partial charge in [-0.25, -0.2) is 8.78 Å². The monoisotopic (exact) mass is 273 g/mol. The molecule has 0 radical (unpaired) electrons. The minimum Gasteiger partial charge on any atom is -0.256 e. The van der Waals surface area contributed by atoms with Crippen LogP contribution in [-0.2, 0) is 6.18 Å². The van der Waals surface area contributed by atoms with Gasteiger partial charge in [0.1, 0.15) is 11.6 Å². The normalized spacial score (nSPS) is 11.7. The van der Waals surface area contributed by atoms with Crippen LogP contribution < -0.4 is 0 Å². The number of hydrogen-bond donors (Lipinski definition) is 0. The van der Waals surface area contributed by atoms with Gasteiger partial charge in [-0.15, -0.1) is 0 Å². The molecule has 0 N–H and O–H groups in total. The number of halogens is 5. The first-order chi connectivity index (χ1) is 8.79. The number of pyridine rings is 1. The van der Waals surface area contributed by atoms with Crippen LogP contribution in [0, 0.1) is 18.6 Å². The topological polar surface area (TPSA) is 12.9 Å². The zero-order valence-corrected chi connectivity index (χ0v) is 9.72. The fourth-order valence-corrected chi connectivity index (χ4v) is 1.74. The molecule has 1 heterocycles. The highest BCUT2D eigenvalue weighted by Crippen LogP contribution is 2.31. The van der Waals surface area contributed by atoms with Crippen molar-refractivity contribution in [1.29, 1.82) is 0 Å². The molecule has 1 aromatic heterocycles. The molecule has 0 saturated carbocycles. The predicted molar refractivity (Wildman–Crippen MR) is 59.3 cm³/mol. The van der Waals surface area contributed by atoms with Crippen LogP contribution in [0.25, 0.3) is 11.3 Å². The Hall–Kier alpha value is -1.98. The third-order valence-electron chi connectivity index (χ3n) is 2.60. The molecule has 0 aliphatic rings. The van der Waals surface area contributed by atoms with Crippen molar-refractivity contribution in [2.24, 2.45) is 0 Å². The van der Waals surface area contributed by atoms with Crippen LogP contribution in [0.3, 0.4) is 0 Å². The molecule has 2 aromatic rings. The van der Waals surface area contributed by atoms with Crippen LogP contribution in [0.1, 0.15) is 11.1 Å². The summed E-state index contributed by atoms with van der Waals surface area (Å²) in [4.78, 5) is 3.58. The number of alkyl halides is 3. The smallest absolute Gasteiger partial charge is 0.256 e. The molecule has 0 atom stereocenters. The third-order valence-corrected chi connectivity index (χ3v) is 2.60. The predicted octanol–water partition coefficient (Wildman–Crippen LogP) is 4.35. The molecule has 0 saturated heterocycles. The Morgan fingerprint density at radius 3 is 2.21 bits per heavy atom. The van der Waals surface area contributed by atoms with Crippen LogP contribution in [0.4, 0.5) is 22.0 Å². The molecule has 0 fully saturated rings. The maximum Gasteiger partial charge on any atom is 0.417 e. The number of rotatable bonds is 1. The molecule has 2 rings (SSSR count). The summed E-state index contributed by atoms with van der Waals surface area (Å²) in [6.07, 6.45) is -3.88. The molecule has 1 aromatic carbocycles. The summed E-state index contributed by atoms with van der Waals surface area (Å²) >= 11 is 0. The minimum absolute atomic E-state index is 0.00451. The molecule has 0 aliphatic heterocycles. The number of aromatic nitrogens is 1. The summed E-state index contributed by atoms with van der Waals surface area (Å²) in [5, 5.41) is 0. The summed E-state index contributed by atoms with van der Waals surface area (Å²) in [6.45, 7) is 1.46. The van der Waals surface area contributed by atoms with E-state index in [0.29, 0.717) is 12.3 Å². The highest BCUT2D eigenvalue weighted by Gasteiger charge is 2.30. The lowest BCUT2D eigenvalue weighted by Gasteiger charge is -2.09. The molecule has 1 nitrogen and oxygen atoms in total. The first-order valence-corrected chi connectivity index (χ1v) is 5.28. The maximum absolute atomic E-state index is 13.6. The van der Waals surface area contributed by atoms with E-state index in [-0.39, 0.29) is 16.8 Å². The van der Waals surface area contributed by atoms with E-state index in [4.69, 9.17) is 0 Å². The van der Waals surface area contributed by atoms with Gasteiger partial charge in [0.15, 0.2) is 0 Å². The minimum atomic E-state index is -4.50. The highest BCUT2D eigenvalue weighted by atomic mass is 19.4. The van der Waals surface area contributed by atoms with Gasteiger partial charge in [-0.3, -0.25) is 4.98 Å². The van der Waals surface area contributed by atoms with E-state index < -0.39 is 23.4 Å². The van der Waals surface area contributed by atoms with E-state index in [1.165, 1.54) is 6.92 Å². The fourth-order valence-electron chi connectivity index (χ4n) is 1.74. The average Bonchev–Trinajstić information content (AvgIpc) is 2.27. The van der Waals surface area contributed by atoms with E-state index in [1.54, 1.807) is 0 Å². The van der Waals surface area contributed by atoms with Crippen LogP contribution in [0.5, 0.6) is 0 Å². The van der Waals surface area contributed by atoms with Gasteiger partial charge >= 0.3 is 6.18 Å². The highest BCUT2D eigenvalue weighted by molar-refractivity contribution is 5.64. The van der Waals surface area contributed by atoms with Crippen molar-refractivity contribution in [3.8, 4) is 11.3 Å². The molecule has 0 bridgehead atoms. The fraction of sp³-hybridized carbons (Fsp3) is 0.154. The van der Waals surface area contributed by atoms with Gasteiger partial charge < -0.3 is 0 Å². The molecule has 0 aliphatic carbocycles. The SMILES string of the molecule is Cc1cc(F)cc(F)c1-c1ccc(C(F)(F)F)cn1. The molecule has 0 amide bonds. The van der Waals surface area contributed by atoms with Crippen molar-refractivity contribution in [3.05, 3.63) is 53.2 Å². The largest absolute Gasteiger partial charge is 0.417 e. The van der Waals surface area contributed by atoms with Gasteiger partial charge in [-0.1, -0.05) is 0 Å². The van der Waals surface area contributed by atoms with Crippen LogP contribution >= 0.6 is 0 Å². The van der Waals surface area contributed by atoms with Gasteiger partial charge in [0.25, 0.3) is 0 Å². The first kappa shape index (κ1) is 13.5. The lowest BCUT2D eigenvalue weighted by molar-refractivity contribution is -0.137. The molecule has 0 unspecified atom stereocenters. The Morgan fingerprint density at radius 2 is 1.74 bits per heavy atom. The second-order valence-corrected chi connectivity index (χ2v) is 4.01. The van der Waals surface area contributed by atoms with Gasteiger partial charge in [0.2, 0.25) is 0 Å². The van der Waals surface area contributed by atoms with Crippen molar-refractivity contribution in [2.75, 3.05) is 0 Å². The lowest BCUT2D eigenvalue weighted by Crippen LogP contribution is -2.05. The zero-order chi connectivity index (χ0) is 14.2. The average molecular weight is 273 g/mol. The number of hydrogen-bond acceptors (Lipinski definition) is 1. The second kappa shape index (κ2) is 4.60. The number of benzene rings is 1. The van der Waals surface area contributed by atoms with E-state index in [1.807, 2.05) is 0 Å². The third kappa shape index (κ3) is 2.72. The Morgan fingerprint density at radius 1 is 1.05 bits per heavy atom.